The van der Waals surface area contributed by atoms with Crippen LogP contribution in [-0.2, 0) is 14.9 Å². The Morgan fingerprint density at radius 1 is 1.23 bits per heavy atom. The lowest BCUT2D eigenvalue weighted by Gasteiger charge is -2.38. The molecule has 0 unspecified atom stereocenters. The van der Waals surface area contributed by atoms with Gasteiger partial charge in [0.15, 0.2) is 0 Å². The molecule has 1 aromatic rings. The van der Waals surface area contributed by atoms with E-state index < -0.39 is 11.4 Å². The second-order valence-electron chi connectivity index (χ2n) is 5.71. The third-order valence-corrected chi connectivity index (χ3v) is 4.33. The SMILES string of the molecule is CCCCOC(=O)N1CCC(C(=O)O)(c2ccccc2)CC1. The van der Waals surface area contributed by atoms with E-state index in [9.17, 15) is 14.7 Å². The average molecular weight is 305 g/mol. The van der Waals surface area contributed by atoms with E-state index in [1.165, 1.54) is 0 Å². The van der Waals surface area contributed by atoms with Crippen LogP contribution in [0.2, 0.25) is 0 Å². The Labute approximate surface area is 130 Å². The van der Waals surface area contributed by atoms with Gasteiger partial charge in [0.05, 0.1) is 12.0 Å². The van der Waals surface area contributed by atoms with Crippen LogP contribution in [0.15, 0.2) is 30.3 Å². The lowest BCUT2D eigenvalue weighted by molar-refractivity contribution is -0.145. The molecule has 5 nitrogen and oxygen atoms in total. The highest BCUT2D eigenvalue weighted by Gasteiger charge is 2.44. The van der Waals surface area contributed by atoms with Gasteiger partial charge in [0.25, 0.3) is 0 Å². The largest absolute Gasteiger partial charge is 0.481 e. The minimum absolute atomic E-state index is 0.333. The molecule has 5 heteroatoms. The molecule has 0 aromatic heterocycles. The molecule has 0 aliphatic carbocycles. The Morgan fingerprint density at radius 3 is 2.41 bits per heavy atom. The molecule has 1 aliphatic heterocycles. The number of piperidine rings is 1. The molecular weight excluding hydrogens is 282 g/mol. The van der Waals surface area contributed by atoms with Gasteiger partial charge in [0.1, 0.15) is 0 Å². The van der Waals surface area contributed by atoms with Gasteiger partial charge in [-0.05, 0) is 24.8 Å². The van der Waals surface area contributed by atoms with E-state index in [1.807, 2.05) is 37.3 Å². The second kappa shape index (κ2) is 7.29. The molecule has 0 atom stereocenters. The molecule has 1 saturated heterocycles. The van der Waals surface area contributed by atoms with E-state index in [0.717, 1.165) is 18.4 Å². The Bertz CT molecular complexity index is 507. The van der Waals surface area contributed by atoms with Crippen molar-refractivity contribution in [2.75, 3.05) is 19.7 Å². The van der Waals surface area contributed by atoms with Gasteiger partial charge in [-0.15, -0.1) is 0 Å². The lowest BCUT2D eigenvalue weighted by atomic mass is 9.73. The highest BCUT2D eigenvalue weighted by atomic mass is 16.6. The van der Waals surface area contributed by atoms with Crippen molar-refractivity contribution < 1.29 is 19.4 Å². The number of carbonyl (C=O) groups is 2. The first-order chi connectivity index (χ1) is 10.6. The maximum Gasteiger partial charge on any atom is 0.409 e. The van der Waals surface area contributed by atoms with Crippen LogP contribution in [0, 0.1) is 0 Å². The number of ether oxygens (including phenoxy) is 1. The fraction of sp³-hybridized carbons (Fsp3) is 0.529. The van der Waals surface area contributed by atoms with Crippen LogP contribution >= 0.6 is 0 Å². The van der Waals surface area contributed by atoms with Crippen LogP contribution in [0.4, 0.5) is 4.79 Å². The first-order valence-corrected chi connectivity index (χ1v) is 7.81. The number of carboxylic acid groups (broad SMARTS) is 1. The van der Waals surface area contributed by atoms with Crippen LogP contribution in [0.25, 0.3) is 0 Å². The van der Waals surface area contributed by atoms with Gasteiger partial charge in [-0.1, -0.05) is 43.7 Å². The fourth-order valence-corrected chi connectivity index (χ4v) is 2.85. The standard InChI is InChI=1S/C17H23NO4/c1-2-3-13-22-16(21)18-11-9-17(10-12-18,15(19)20)14-7-5-4-6-8-14/h4-8H,2-3,9-13H2,1H3,(H,19,20). The van der Waals surface area contributed by atoms with Crippen molar-refractivity contribution in [2.24, 2.45) is 0 Å². The molecule has 0 spiro atoms. The minimum Gasteiger partial charge on any atom is -0.481 e. The van der Waals surface area contributed by atoms with Crippen LogP contribution in [0.5, 0.6) is 0 Å². The molecule has 2 rings (SSSR count). The number of hydrogen-bond acceptors (Lipinski definition) is 3. The van der Waals surface area contributed by atoms with Gasteiger partial charge in [0.2, 0.25) is 0 Å². The summed E-state index contributed by atoms with van der Waals surface area (Å²) in [5, 5.41) is 9.71. The summed E-state index contributed by atoms with van der Waals surface area (Å²) >= 11 is 0. The van der Waals surface area contributed by atoms with Gasteiger partial charge < -0.3 is 14.7 Å². The molecule has 1 amide bonds. The normalized spacial score (nSPS) is 17.0. The smallest absolute Gasteiger partial charge is 0.409 e. The summed E-state index contributed by atoms with van der Waals surface area (Å²) in [7, 11) is 0. The molecule has 1 fully saturated rings. The minimum atomic E-state index is -0.901. The number of hydrogen-bond donors (Lipinski definition) is 1. The molecule has 1 aliphatic rings. The van der Waals surface area contributed by atoms with E-state index in [4.69, 9.17) is 4.74 Å². The average Bonchev–Trinajstić information content (AvgIpc) is 2.55. The Hall–Kier alpha value is -2.04. The van der Waals surface area contributed by atoms with Crippen molar-refractivity contribution >= 4 is 12.1 Å². The van der Waals surface area contributed by atoms with E-state index in [1.54, 1.807) is 4.90 Å². The number of amides is 1. The van der Waals surface area contributed by atoms with Gasteiger partial charge in [-0.25, -0.2) is 4.79 Å². The number of unbranched alkanes of at least 4 members (excludes halogenated alkanes) is 1. The van der Waals surface area contributed by atoms with E-state index in [-0.39, 0.29) is 6.09 Å². The van der Waals surface area contributed by atoms with Gasteiger partial charge in [-0.2, -0.15) is 0 Å². The van der Waals surface area contributed by atoms with Crippen molar-refractivity contribution in [3.8, 4) is 0 Å². The third kappa shape index (κ3) is 3.40. The maximum absolute atomic E-state index is 11.9. The molecular formula is C17H23NO4. The van der Waals surface area contributed by atoms with Crippen LogP contribution in [-0.4, -0.2) is 41.8 Å². The molecule has 1 aromatic carbocycles. The predicted octanol–water partition coefficient (Wildman–Crippen LogP) is 3.04. The number of carbonyl (C=O) groups excluding carboxylic acids is 1. The lowest BCUT2D eigenvalue weighted by Crippen LogP contribution is -2.49. The monoisotopic (exact) mass is 305 g/mol. The molecule has 1 N–H and O–H groups in total. The molecule has 22 heavy (non-hydrogen) atoms. The van der Waals surface area contributed by atoms with Gasteiger partial charge >= 0.3 is 12.1 Å². The van der Waals surface area contributed by atoms with Crippen molar-refractivity contribution in [2.45, 2.75) is 38.0 Å². The molecule has 120 valence electrons. The topological polar surface area (TPSA) is 66.8 Å². The first kappa shape index (κ1) is 16.3. The van der Waals surface area contributed by atoms with Crippen molar-refractivity contribution in [3.05, 3.63) is 35.9 Å². The number of rotatable bonds is 5. The maximum atomic E-state index is 11.9. The first-order valence-electron chi connectivity index (χ1n) is 7.81. The molecule has 0 bridgehead atoms. The Morgan fingerprint density at radius 2 is 1.86 bits per heavy atom. The number of benzene rings is 1. The van der Waals surface area contributed by atoms with Crippen molar-refractivity contribution in [3.63, 3.8) is 0 Å². The van der Waals surface area contributed by atoms with E-state index in [0.29, 0.717) is 32.5 Å². The number of nitrogens with zero attached hydrogens (tertiary/aromatic N) is 1. The molecule has 0 saturated carbocycles. The zero-order valence-corrected chi connectivity index (χ0v) is 13.0. The Balaban J connectivity index is 2.02. The zero-order chi connectivity index (χ0) is 16.0. The van der Waals surface area contributed by atoms with Crippen LogP contribution in [0.1, 0.15) is 38.2 Å². The van der Waals surface area contributed by atoms with Crippen molar-refractivity contribution in [1.29, 1.82) is 0 Å². The highest BCUT2D eigenvalue weighted by molar-refractivity contribution is 5.82. The highest BCUT2D eigenvalue weighted by Crippen LogP contribution is 2.36. The van der Waals surface area contributed by atoms with E-state index in [2.05, 4.69) is 0 Å². The summed E-state index contributed by atoms with van der Waals surface area (Å²) in [6, 6.07) is 9.28. The second-order valence-corrected chi connectivity index (χ2v) is 5.71. The number of aliphatic carboxylic acids is 1. The van der Waals surface area contributed by atoms with Crippen LogP contribution < -0.4 is 0 Å². The van der Waals surface area contributed by atoms with E-state index >= 15 is 0 Å². The summed E-state index contributed by atoms with van der Waals surface area (Å²) in [5.41, 5.74) is -0.0944. The quantitative estimate of drug-likeness (QED) is 0.849. The zero-order valence-electron chi connectivity index (χ0n) is 13.0. The summed E-state index contributed by atoms with van der Waals surface area (Å²) < 4.78 is 5.20. The summed E-state index contributed by atoms with van der Waals surface area (Å²) in [6.07, 6.45) is 2.32. The van der Waals surface area contributed by atoms with Gasteiger partial charge in [-0.3, -0.25) is 4.79 Å². The fourth-order valence-electron chi connectivity index (χ4n) is 2.85. The predicted molar refractivity (Wildman–Crippen MR) is 82.8 cm³/mol. The molecule has 1 heterocycles. The third-order valence-electron chi connectivity index (χ3n) is 4.33. The Kier molecular flexibility index (Phi) is 5.41. The van der Waals surface area contributed by atoms with Crippen LogP contribution in [0.3, 0.4) is 0 Å². The van der Waals surface area contributed by atoms with Gasteiger partial charge in [0, 0.05) is 13.1 Å². The summed E-state index contributed by atoms with van der Waals surface area (Å²) in [5.74, 6) is -0.822. The summed E-state index contributed by atoms with van der Waals surface area (Å²) in [6.45, 7) is 3.28. The molecule has 0 radical (unpaired) electrons. The number of carboxylic acids is 1. The summed E-state index contributed by atoms with van der Waals surface area (Å²) in [4.78, 5) is 25.4. The van der Waals surface area contributed by atoms with Crippen molar-refractivity contribution in [1.82, 2.24) is 4.90 Å². The number of likely N-dealkylation sites (tertiary alicyclic amines) is 1.